The van der Waals surface area contributed by atoms with Crippen LogP contribution >= 0.6 is 0 Å². The van der Waals surface area contributed by atoms with E-state index in [2.05, 4.69) is 0 Å². The highest BCUT2D eigenvalue weighted by molar-refractivity contribution is 6.15. The largest absolute Gasteiger partial charge is 0.464 e. The van der Waals surface area contributed by atoms with Crippen molar-refractivity contribution >= 4 is 23.2 Å². The van der Waals surface area contributed by atoms with Crippen LogP contribution in [0.25, 0.3) is 0 Å². The number of amides is 2. The van der Waals surface area contributed by atoms with Crippen molar-refractivity contribution in [2.75, 3.05) is 16.3 Å². The van der Waals surface area contributed by atoms with Gasteiger partial charge in [-0.15, -0.1) is 0 Å². The van der Waals surface area contributed by atoms with Crippen molar-refractivity contribution in [3.05, 3.63) is 82.3 Å². The van der Waals surface area contributed by atoms with Gasteiger partial charge in [0.1, 0.15) is 18.1 Å². The van der Waals surface area contributed by atoms with Crippen LogP contribution in [0.4, 0.5) is 11.4 Å². The van der Waals surface area contributed by atoms with E-state index in [1.807, 2.05) is 77.1 Å². The van der Waals surface area contributed by atoms with Crippen LogP contribution in [-0.4, -0.2) is 18.4 Å². The Balaban J connectivity index is 1.87. The minimum absolute atomic E-state index is 0.00592. The first kappa shape index (κ1) is 20.0. The number of nitrogens with zero attached hydrogens (tertiary/aromatic N) is 2. The fourth-order valence-corrected chi connectivity index (χ4v) is 4.31. The van der Waals surface area contributed by atoms with Gasteiger partial charge in [-0.25, -0.2) is 0 Å². The van der Waals surface area contributed by atoms with Gasteiger partial charge in [0.25, 0.3) is 5.91 Å². The molecule has 2 heterocycles. The summed E-state index contributed by atoms with van der Waals surface area (Å²) in [4.78, 5) is 30.5. The van der Waals surface area contributed by atoms with Crippen molar-refractivity contribution in [1.82, 2.24) is 0 Å². The SMILES string of the molecule is Cc1ccc(N2C(=O)CN(c3c(C)cccc3C)C(=O)C2c2ccc(C)o2)c(C)c1. The van der Waals surface area contributed by atoms with Crippen LogP contribution in [0.5, 0.6) is 0 Å². The number of hydrogen-bond donors (Lipinski definition) is 0. The highest BCUT2D eigenvalue weighted by atomic mass is 16.3. The van der Waals surface area contributed by atoms with Crippen LogP contribution in [0.1, 0.15) is 39.8 Å². The van der Waals surface area contributed by atoms with Gasteiger partial charge in [0, 0.05) is 5.69 Å². The van der Waals surface area contributed by atoms with Crippen LogP contribution in [-0.2, 0) is 9.59 Å². The highest BCUT2D eigenvalue weighted by Gasteiger charge is 2.44. The lowest BCUT2D eigenvalue weighted by molar-refractivity contribution is -0.129. The maximum Gasteiger partial charge on any atom is 0.258 e. The van der Waals surface area contributed by atoms with Crippen molar-refractivity contribution < 1.29 is 14.0 Å². The van der Waals surface area contributed by atoms with E-state index in [1.54, 1.807) is 15.9 Å². The third-order valence-corrected chi connectivity index (χ3v) is 5.67. The second-order valence-electron chi connectivity index (χ2n) is 8.07. The van der Waals surface area contributed by atoms with Gasteiger partial charge in [-0.1, -0.05) is 35.9 Å². The van der Waals surface area contributed by atoms with Gasteiger partial charge in [0.05, 0.1) is 5.69 Å². The molecule has 30 heavy (non-hydrogen) atoms. The molecule has 1 atom stereocenters. The Morgan fingerprint density at radius 1 is 0.867 bits per heavy atom. The van der Waals surface area contributed by atoms with Crippen LogP contribution in [0.2, 0.25) is 0 Å². The first-order valence-electron chi connectivity index (χ1n) is 10.1. The zero-order chi connectivity index (χ0) is 21.6. The molecule has 1 aliphatic rings. The molecule has 0 saturated carbocycles. The zero-order valence-corrected chi connectivity index (χ0v) is 18.0. The standard InChI is InChI=1S/C25H26N2O3/c1-15-9-11-20(18(4)13-15)27-22(28)14-26(23-16(2)7-6-8-17(23)3)25(29)24(27)21-12-10-19(5)30-21/h6-13,24H,14H2,1-5H3. The average Bonchev–Trinajstić information content (AvgIpc) is 3.10. The lowest BCUT2D eigenvalue weighted by Gasteiger charge is -2.40. The second-order valence-corrected chi connectivity index (χ2v) is 8.07. The molecule has 0 aliphatic carbocycles. The van der Waals surface area contributed by atoms with Crippen LogP contribution in [0.15, 0.2) is 52.9 Å². The Morgan fingerprint density at radius 2 is 1.57 bits per heavy atom. The molecule has 0 bridgehead atoms. The van der Waals surface area contributed by atoms with Crippen molar-refractivity contribution in [3.8, 4) is 0 Å². The van der Waals surface area contributed by atoms with Gasteiger partial charge < -0.3 is 9.32 Å². The van der Waals surface area contributed by atoms with Crippen molar-refractivity contribution in [3.63, 3.8) is 0 Å². The molecule has 0 spiro atoms. The smallest absolute Gasteiger partial charge is 0.258 e. The number of anilines is 2. The van der Waals surface area contributed by atoms with E-state index in [9.17, 15) is 9.59 Å². The molecule has 154 valence electrons. The Hall–Kier alpha value is -3.34. The summed E-state index contributed by atoms with van der Waals surface area (Å²) in [6.45, 7) is 9.72. The lowest BCUT2D eigenvalue weighted by Crippen LogP contribution is -2.56. The molecule has 0 radical (unpaired) electrons. The summed E-state index contributed by atoms with van der Waals surface area (Å²) in [5, 5.41) is 0. The van der Waals surface area contributed by atoms with E-state index >= 15 is 0 Å². The summed E-state index contributed by atoms with van der Waals surface area (Å²) in [5.41, 5.74) is 5.51. The van der Waals surface area contributed by atoms with Crippen molar-refractivity contribution in [1.29, 1.82) is 0 Å². The molecule has 3 aromatic rings. The second kappa shape index (κ2) is 7.48. The summed E-state index contributed by atoms with van der Waals surface area (Å²) in [7, 11) is 0. The summed E-state index contributed by atoms with van der Waals surface area (Å²) >= 11 is 0. The number of benzene rings is 2. The van der Waals surface area contributed by atoms with E-state index < -0.39 is 6.04 Å². The fraction of sp³-hybridized carbons (Fsp3) is 0.280. The van der Waals surface area contributed by atoms with E-state index in [-0.39, 0.29) is 18.4 Å². The number of hydrogen-bond acceptors (Lipinski definition) is 3. The minimum atomic E-state index is -0.847. The van der Waals surface area contributed by atoms with Gasteiger partial charge in [-0.05, 0) is 69.5 Å². The predicted octanol–water partition coefficient (Wildman–Crippen LogP) is 4.94. The molecule has 1 aromatic heterocycles. The lowest BCUT2D eigenvalue weighted by atomic mass is 10.0. The number of aryl methyl sites for hydroxylation is 5. The average molecular weight is 402 g/mol. The number of carbonyl (C=O) groups excluding carboxylic acids is 2. The van der Waals surface area contributed by atoms with Crippen LogP contribution in [0, 0.1) is 34.6 Å². The molecular formula is C25H26N2O3. The Labute approximate surface area is 176 Å². The molecule has 5 heteroatoms. The van der Waals surface area contributed by atoms with Crippen LogP contribution in [0.3, 0.4) is 0 Å². The van der Waals surface area contributed by atoms with Gasteiger partial charge in [-0.3, -0.25) is 14.5 Å². The molecule has 4 rings (SSSR count). The fourth-order valence-electron chi connectivity index (χ4n) is 4.31. The van der Waals surface area contributed by atoms with E-state index in [1.165, 1.54) is 0 Å². The Kier molecular flexibility index (Phi) is 4.98. The summed E-state index contributed by atoms with van der Waals surface area (Å²) in [6.07, 6.45) is 0. The first-order valence-corrected chi connectivity index (χ1v) is 10.1. The minimum Gasteiger partial charge on any atom is -0.464 e. The number of furan rings is 1. The van der Waals surface area contributed by atoms with Gasteiger partial charge in [0.2, 0.25) is 5.91 Å². The Morgan fingerprint density at radius 3 is 2.17 bits per heavy atom. The maximum atomic E-state index is 13.8. The first-order chi connectivity index (χ1) is 14.3. The van der Waals surface area contributed by atoms with Crippen molar-refractivity contribution in [2.45, 2.75) is 40.7 Å². The third kappa shape index (κ3) is 3.30. The molecule has 2 amide bonds. The topological polar surface area (TPSA) is 53.8 Å². The van der Waals surface area contributed by atoms with E-state index in [4.69, 9.17) is 4.42 Å². The Bertz CT molecular complexity index is 1120. The monoisotopic (exact) mass is 402 g/mol. The molecule has 1 aliphatic heterocycles. The highest BCUT2D eigenvalue weighted by Crippen LogP contribution is 2.38. The molecule has 5 nitrogen and oxygen atoms in total. The third-order valence-electron chi connectivity index (χ3n) is 5.67. The van der Waals surface area contributed by atoms with Gasteiger partial charge in [-0.2, -0.15) is 0 Å². The molecular weight excluding hydrogens is 376 g/mol. The molecule has 2 aromatic carbocycles. The molecule has 1 saturated heterocycles. The summed E-state index contributed by atoms with van der Waals surface area (Å²) in [5.74, 6) is 0.876. The van der Waals surface area contributed by atoms with Gasteiger partial charge >= 0.3 is 0 Å². The van der Waals surface area contributed by atoms with E-state index in [0.29, 0.717) is 11.5 Å². The quantitative estimate of drug-likeness (QED) is 0.623. The zero-order valence-electron chi connectivity index (χ0n) is 18.0. The predicted molar refractivity (Wildman–Crippen MR) is 118 cm³/mol. The summed E-state index contributed by atoms with van der Waals surface area (Å²) < 4.78 is 5.86. The van der Waals surface area contributed by atoms with Crippen molar-refractivity contribution in [2.24, 2.45) is 0 Å². The van der Waals surface area contributed by atoms with Crippen LogP contribution < -0.4 is 9.80 Å². The van der Waals surface area contributed by atoms with E-state index in [0.717, 1.165) is 33.6 Å². The molecule has 0 N–H and O–H groups in total. The molecule has 1 fully saturated rings. The number of rotatable bonds is 3. The summed E-state index contributed by atoms with van der Waals surface area (Å²) in [6, 6.07) is 14.5. The van der Waals surface area contributed by atoms with Gasteiger partial charge in [0.15, 0.2) is 6.04 Å². The number of para-hydroxylation sites is 1. The molecule has 1 unspecified atom stereocenters. The normalized spacial score (nSPS) is 17.0. The maximum absolute atomic E-state index is 13.8. The number of carbonyl (C=O) groups is 2. The number of piperazine rings is 1.